The molecular weight excluding hydrogens is 410 g/mol. The van der Waals surface area contributed by atoms with Crippen LogP contribution in [-0.4, -0.2) is 41.5 Å². The van der Waals surface area contributed by atoms with Gasteiger partial charge in [-0.25, -0.2) is 0 Å². The zero-order valence-electron chi connectivity index (χ0n) is 23.7. The molecule has 4 heteroatoms. The quantitative estimate of drug-likeness (QED) is 0.229. The fourth-order valence-electron chi connectivity index (χ4n) is 3.09. The van der Waals surface area contributed by atoms with Gasteiger partial charge < -0.3 is 19.5 Å². The Balaban J connectivity index is 0. The first-order valence-corrected chi connectivity index (χ1v) is 12.8. The van der Waals surface area contributed by atoms with E-state index >= 15 is 0 Å². The van der Waals surface area contributed by atoms with Gasteiger partial charge in [0.05, 0.1) is 13.7 Å². The number of nitrogens with one attached hydrogen (secondary N) is 1. The van der Waals surface area contributed by atoms with E-state index in [4.69, 9.17) is 14.2 Å². The van der Waals surface area contributed by atoms with Crippen molar-refractivity contribution < 1.29 is 14.2 Å². The van der Waals surface area contributed by atoms with Crippen molar-refractivity contribution in [3.05, 3.63) is 35.9 Å². The fraction of sp³-hybridized carbons (Fsp3) is 0.724. The van der Waals surface area contributed by atoms with Gasteiger partial charge in [0, 0.05) is 20.1 Å². The van der Waals surface area contributed by atoms with Crippen LogP contribution in [-0.2, 0) is 11.2 Å². The van der Waals surface area contributed by atoms with Gasteiger partial charge in [-0.2, -0.15) is 0 Å². The standard InChI is InChI=1S/C25H42O3.C2H7N.C2H6/c1-19(2)21(5)11-8-9-12-23(20(3)4)17-22-13-14-24(27-7)25(18-22)28-16-10-15-26-6;1-3-2;1-2/h8-9,13-14,18-21,23H,10-12,15-17H2,1-7H3;3H,1-2H3;1-2H3/b9-8+;;. The zero-order chi connectivity index (χ0) is 25.6. The van der Waals surface area contributed by atoms with E-state index in [-0.39, 0.29) is 0 Å². The van der Waals surface area contributed by atoms with E-state index in [0.717, 1.165) is 42.6 Å². The van der Waals surface area contributed by atoms with Crippen LogP contribution in [0.5, 0.6) is 11.5 Å². The molecule has 2 atom stereocenters. The molecule has 0 saturated carbocycles. The van der Waals surface area contributed by atoms with Crippen LogP contribution in [0.4, 0.5) is 0 Å². The van der Waals surface area contributed by atoms with E-state index in [1.165, 1.54) is 12.0 Å². The Kier molecular flexibility index (Phi) is 22.7. The maximum Gasteiger partial charge on any atom is 0.161 e. The SMILES string of the molecule is CC.CNC.COCCCOc1cc(CC(C/C=C/CC(C)C(C)C)C(C)C)ccc1OC. The topological polar surface area (TPSA) is 39.7 Å². The molecule has 1 N–H and O–H groups in total. The minimum atomic E-state index is 0.625. The first-order valence-electron chi connectivity index (χ1n) is 12.8. The average Bonchev–Trinajstić information content (AvgIpc) is 2.80. The molecule has 33 heavy (non-hydrogen) atoms. The molecule has 0 amide bonds. The van der Waals surface area contributed by atoms with E-state index in [1.807, 2.05) is 34.0 Å². The average molecular weight is 466 g/mol. The zero-order valence-corrected chi connectivity index (χ0v) is 23.7. The van der Waals surface area contributed by atoms with Crippen LogP contribution in [0.2, 0.25) is 0 Å². The van der Waals surface area contributed by atoms with Crippen molar-refractivity contribution in [2.45, 2.75) is 74.1 Å². The van der Waals surface area contributed by atoms with E-state index in [9.17, 15) is 0 Å². The molecule has 0 aliphatic carbocycles. The molecule has 1 aromatic carbocycles. The third kappa shape index (κ3) is 16.7. The van der Waals surface area contributed by atoms with Crippen molar-refractivity contribution in [1.29, 1.82) is 0 Å². The lowest BCUT2D eigenvalue weighted by molar-refractivity contribution is 0.170. The monoisotopic (exact) mass is 465 g/mol. The summed E-state index contributed by atoms with van der Waals surface area (Å²) in [7, 11) is 7.15. The van der Waals surface area contributed by atoms with Crippen LogP contribution in [0.25, 0.3) is 0 Å². The molecule has 0 saturated heterocycles. The van der Waals surface area contributed by atoms with Gasteiger partial charge in [-0.15, -0.1) is 0 Å². The van der Waals surface area contributed by atoms with Crippen molar-refractivity contribution >= 4 is 0 Å². The molecule has 0 radical (unpaired) electrons. The Bertz CT molecular complexity index is 584. The maximum absolute atomic E-state index is 5.94. The lowest BCUT2D eigenvalue weighted by atomic mass is 9.86. The molecule has 194 valence electrons. The highest BCUT2D eigenvalue weighted by Gasteiger charge is 2.15. The van der Waals surface area contributed by atoms with Gasteiger partial charge in [0.2, 0.25) is 0 Å². The van der Waals surface area contributed by atoms with Crippen LogP contribution in [0.1, 0.15) is 73.3 Å². The van der Waals surface area contributed by atoms with Crippen LogP contribution < -0.4 is 14.8 Å². The predicted octanol–water partition coefficient (Wildman–Crippen LogP) is 7.42. The molecule has 0 aliphatic rings. The number of allylic oxidation sites excluding steroid dienone is 2. The second kappa shape index (κ2) is 22.3. The number of ether oxygens (including phenoxy) is 3. The third-order valence-corrected chi connectivity index (χ3v) is 5.67. The van der Waals surface area contributed by atoms with Crippen molar-refractivity contribution in [3.8, 4) is 11.5 Å². The minimum absolute atomic E-state index is 0.625. The highest BCUT2D eigenvalue weighted by atomic mass is 16.5. The van der Waals surface area contributed by atoms with E-state index in [1.54, 1.807) is 14.2 Å². The Labute approximate surface area is 206 Å². The third-order valence-electron chi connectivity index (χ3n) is 5.67. The molecule has 1 rings (SSSR count). The van der Waals surface area contributed by atoms with Gasteiger partial charge in [0.25, 0.3) is 0 Å². The number of hydrogen-bond donors (Lipinski definition) is 1. The molecule has 0 bridgehead atoms. The molecule has 0 aliphatic heterocycles. The van der Waals surface area contributed by atoms with Gasteiger partial charge >= 0.3 is 0 Å². The predicted molar refractivity (Wildman–Crippen MR) is 146 cm³/mol. The van der Waals surface area contributed by atoms with Gasteiger partial charge in [0.1, 0.15) is 0 Å². The molecule has 0 heterocycles. The lowest BCUT2D eigenvalue weighted by Gasteiger charge is -2.20. The normalized spacial score (nSPS) is 12.6. The minimum Gasteiger partial charge on any atom is -0.493 e. The number of benzene rings is 1. The van der Waals surface area contributed by atoms with Crippen LogP contribution in [0, 0.1) is 23.7 Å². The summed E-state index contributed by atoms with van der Waals surface area (Å²) in [5.74, 6) is 4.38. The van der Waals surface area contributed by atoms with Crippen LogP contribution >= 0.6 is 0 Å². The molecule has 0 spiro atoms. The molecule has 2 unspecified atom stereocenters. The summed E-state index contributed by atoms with van der Waals surface area (Å²) in [4.78, 5) is 0. The highest BCUT2D eigenvalue weighted by molar-refractivity contribution is 5.43. The Morgan fingerprint density at radius 2 is 1.45 bits per heavy atom. The van der Waals surface area contributed by atoms with Gasteiger partial charge in [-0.3, -0.25) is 0 Å². The highest BCUT2D eigenvalue weighted by Crippen LogP contribution is 2.31. The summed E-state index contributed by atoms with van der Waals surface area (Å²) < 4.78 is 16.5. The first kappa shape index (κ1) is 33.7. The van der Waals surface area contributed by atoms with Gasteiger partial charge in [-0.05, 0) is 74.7 Å². The molecular formula is C29H55NO3. The largest absolute Gasteiger partial charge is 0.493 e. The lowest BCUT2D eigenvalue weighted by Crippen LogP contribution is -2.12. The summed E-state index contributed by atoms with van der Waals surface area (Å²) >= 11 is 0. The summed E-state index contributed by atoms with van der Waals surface area (Å²) in [6, 6.07) is 6.34. The Morgan fingerprint density at radius 3 is 1.97 bits per heavy atom. The maximum atomic E-state index is 5.94. The van der Waals surface area contributed by atoms with Crippen LogP contribution in [0.3, 0.4) is 0 Å². The number of rotatable bonds is 14. The van der Waals surface area contributed by atoms with E-state index < -0.39 is 0 Å². The van der Waals surface area contributed by atoms with Crippen molar-refractivity contribution in [1.82, 2.24) is 5.32 Å². The molecule has 0 fully saturated rings. The second-order valence-corrected chi connectivity index (χ2v) is 9.05. The van der Waals surface area contributed by atoms with E-state index in [0.29, 0.717) is 25.0 Å². The summed E-state index contributed by atoms with van der Waals surface area (Å²) in [5, 5.41) is 2.75. The first-order chi connectivity index (χ1) is 15.8. The second-order valence-electron chi connectivity index (χ2n) is 9.05. The van der Waals surface area contributed by atoms with Crippen molar-refractivity contribution in [2.24, 2.45) is 23.7 Å². The molecule has 0 aromatic heterocycles. The van der Waals surface area contributed by atoms with Crippen molar-refractivity contribution in [2.75, 3.05) is 41.5 Å². The molecule has 4 nitrogen and oxygen atoms in total. The van der Waals surface area contributed by atoms with Crippen molar-refractivity contribution in [3.63, 3.8) is 0 Å². The summed E-state index contributed by atoms with van der Waals surface area (Å²) in [6.07, 6.45) is 8.98. The number of methoxy groups -OCH3 is 2. The fourth-order valence-corrected chi connectivity index (χ4v) is 3.09. The summed E-state index contributed by atoms with van der Waals surface area (Å²) in [6.45, 7) is 16.9. The van der Waals surface area contributed by atoms with Crippen LogP contribution in [0.15, 0.2) is 30.4 Å². The Morgan fingerprint density at radius 1 is 0.848 bits per heavy atom. The van der Waals surface area contributed by atoms with Gasteiger partial charge in [0.15, 0.2) is 11.5 Å². The summed E-state index contributed by atoms with van der Waals surface area (Å²) in [5.41, 5.74) is 1.31. The van der Waals surface area contributed by atoms with E-state index in [2.05, 4.69) is 64.2 Å². The Hall–Kier alpha value is -1.52. The molecule has 1 aromatic rings. The van der Waals surface area contributed by atoms with Gasteiger partial charge in [-0.1, -0.05) is 66.7 Å². The smallest absolute Gasteiger partial charge is 0.161 e. The number of hydrogen-bond acceptors (Lipinski definition) is 4.